The molecule has 0 spiro atoms. The summed E-state index contributed by atoms with van der Waals surface area (Å²) >= 11 is 6.33. The van der Waals surface area contributed by atoms with E-state index in [2.05, 4.69) is 9.88 Å². The van der Waals surface area contributed by atoms with E-state index in [1.165, 1.54) is 6.07 Å². The van der Waals surface area contributed by atoms with Crippen LogP contribution in [0.1, 0.15) is 27.3 Å². The second-order valence-corrected chi connectivity index (χ2v) is 7.84. The molecule has 2 aromatic carbocycles. The number of amides is 1. The van der Waals surface area contributed by atoms with Gasteiger partial charge in [-0.2, -0.15) is 0 Å². The molecule has 1 amide bonds. The molecule has 0 saturated heterocycles. The van der Waals surface area contributed by atoms with Gasteiger partial charge in [-0.25, -0.2) is 0 Å². The fourth-order valence-electron chi connectivity index (χ4n) is 3.58. The normalized spacial score (nSPS) is 10.8. The van der Waals surface area contributed by atoms with Gasteiger partial charge in [0.1, 0.15) is 0 Å². The molecule has 4 aromatic rings. The maximum atomic E-state index is 12.9. The Labute approximate surface area is 185 Å². The van der Waals surface area contributed by atoms with E-state index < -0.39 is 0 Å². The van der Waals surface area contributed by atoms with Crippen molar-refractivity contribution in [3.05, 3.63) is 117 Å². The molecule has 0 atom stereocenters. The summed E-state index contributed by atoms with van der Waals surface area (Å²) in [6, 6.07) is 22.0. The number of nitrogens with one attached hydrogen (secondary N) is 1. The van der Waals surface area contributed by atoms with Crippen molar-refractivity contribution >= 4 is 23.2 Å². The van der Waals surface area contributed by atoms with Gasteiger partial charge in [0.05, 0.1) is 17.1 Å². The second-order valence-electron chi connectivity index (χ2n) is 7.43. The maximum absolute atomic E-state index is 12.9. The van der Waals surface area contributed by atoms with Gasteiger partial charge in [0.2, 0.25) is 0 Å². The van der Waals surface area contributed by atoms with E-state index in [0.717, 1.165) is 22.6 Å². The lowest BCUT2D eigenvalue weighted by molar-refractivity contribution is 0.102. The van der Waals surface area contributed by atoms with E-state index in [9.17, 15) is 9.59 Å². The van der Waals surface area contributed by atoms with E-state index in [1.807, 2.05) is 62.4 Å². The quantitative estimate of drug-likeness (QED) is 0.471. The molecule has 0 fully saturated rings. The lowest BCUT2D eigenvalue weighted by Crippen LogP contribution is -2.18. The zero-order chi connectivity index (χ0) is 22.0. The van der Waals surface area contributed by atoms with Crippen LogP contribution in [0.3, 0.4) is 0 Å². The van der Waals surface area contributed by atoms with Crippen molar-refractivity contribution in [3.8, 4) is 5.69 Å². The van der Waals surface area contributed by atoms with E-state index in [-0.39, 0.29) is 11.5 Å². The first-order valence-corrected chi connectivity index (χ1v) is 10.3. The van der Waals surface area contributed by atoms with Gasteiger partial charge in [-0.05, 0) is 67.9 Å². The molecule has 0 aliphatic rings. The molecular formula is C25H22ClN3O2. The number of aromatic nitrogens is 2. The number of nitrogens with zero attached hydrogens (tertiary/aromatic N) is 2. The first kappa shape index (κ1) is 20.7. The number of hydrogen-bond acceptors (Lipinski definition) is 2. The standard InChI is InChI=1S/C25H22ClN3O2/c1-17-6-7-18(2)29(17)21-12-13-23(26)22(15-21)25(31)27-20-10-8-19(9-11-20)16-28-14-4-3-5-24(28)30/h3-15H,16H2,1-2H3,(H,27,31). The third kappa shape index (κ3) is 4.47. The SMILES string of the molecule is Cc1ccc(C)n1-c1ccc(Cl)c(C(=O)Nc2ccc(Cn3ccccc3=O)cc2)c1. The number of benzene rings is 2. The molecule has 0 radical (unpaired) electrons. The van der Waals surface area contributed by atoms with Crippen LogP contribution in [0, 0.1) is 13.8 Å². The Balaban J connectivity index is 1.53. The third-order valence-corrected chi connectivity index (χ3v) is 5.52. The van der Waals surface area contributed by atoms with Gasteiger partial charge in [0, 0.05) is 35.0 Å². The highest BCUT2D eigenvalue weighted by Gasteiger charge is 2.14. The van der Waals surface area contributed by atoms with Crippen molar-refractivity contribution in [3.63, 3.8) is 0 Å². The molecule has 5 nitrogen and oxygen atoms in total. The number of pyridine rings is 1. The van der Waals surface area contributed by atoms with E-state index in [0.29, 0.717) is 22.8 Å². The molecular weight excluding hydrogens is 410 g/mol. The van der Waals surface area contributed by atoms with Gasteiger partial charge in [-0.3, -0.25) is 9.59 Å². The molecule has 31 heavy (non-hydrogen) atoms. The average Bonchev–Trinajstić information content (AvgIpc) is 3.09. The maximum Gasteiger partial charge on any atom is 0.257 e. The molecule has 0 bridgehead atoms. The number of rotatable bonds is 5. The minimum absolute atomic E-state index is 0.0532. The number of hydrogen-bond donors (Lipinski definition) is 1. The third-order valence-electron chi connectivity index (χ3n) is 5.19. The summed E-state index contributed by atoms with van der Waals surface area (Å²) in [5, 5.41) is 3.29. The summed E-state index contributed by atoms with van der Waals surface area (Å²) in [4.78, 5) is 24.8. The average molecular weight is 432 g/mol. The van der Waals surface area contributed by atoms with Gasteiger partial charge < -0.3 is 14.5 Å². The summed E-state index contributed by atoms with van der Waals surface area (Å²) in [6.45, 7) is 4.51. The number of aryl methyl sites for hydroxylation is 2. The molecule has 0 aliphatic carbocycles. The topological polar surface area (TPSA) is 56.0 Å². The Morgan fingerprint density at radius 1 is 0.935 bits per heavy atom. The summed E-state index contributed by atoms with van der Waals surface area (Å²) in [5.41, 5.74) is 5.03. The van der Waals surface area contributed by atoms with Crippen LogP contribution in [0.25, 0.3) is 5.69 Å². The van der Waals surface area contributed by atoms with Crippen molar-refractivity contribution in [1.29, 1.82) is 0 Å². The van der Waals surface area contributed by atoms with Crippen molar-refractivity contribution in [2.24, 2.45) is 0 Å². The van der Waals surface area contributed by atoms with Crippen LogP contribution < -0.4 is 10.9 Å². The molecule has 156 valence electrons. The van der Waals surface area contributed by atoms with Crippen molar-refractivity contribution in [2.75, 3.05) is 5.32 Å². The Hall–Kier alpha value is -3.57. The Bertz CT molecular complexity index is 1280. The molecule has 0 aliphatic heterocycles. The van der Waals surface area contributed by atoms with Crippen LogP contribution in [0.15, 0.2) is 83.8 Å². The first-order valence-electron chi connectivity index (χ1n) is 9.93. The molecule has 0 saturated carbocycles. The molecule has 0 unspecified atom stereocenters. The number of halogens is 1. The molecule has 2 aromatic heterocycles. The highest BCUT2D eigenvalue weighted by molar-refractivity contribution is 6.34. The molecule has 2 heterocycles. The predicted molar refractivity (Wildman–Crippen MR) is 124 cm³/mol. The zero-order valence-electron chi connectivity index (χ0n) is 17.3. The van der Waals surface area contributed by atoms with Crippen LogP contribution in [0.5, 0.6) is 0 Å². The van der Waals surface area contributed by atoms with Crippen LogP contribution in [-0.4, -0.2) is 15.0 Å². The first-order chi connectivity index (χ1) is 14.9. The molecule has 6 heteroatoms. The monoisotopic (exact) mass is 431 g/mol. The van der Waals surface area contributed by atoms with Crippen molar-refractivity contribution < 1.29 is 4.79 Å². The van der Waals surface area contributed by atoms with Gasteiger partial charge in [-0.15, -0.1) is 0 Å². The second kappa shape index (κ2) is 8.66. The van der Waals surface area contributed by atoms with Gasteiger partial charge in [0.25, 0.3) is 11.5 Å². The number of anilines is 1. The molecule has 1 N–H and O–H groups in total. The fourth-order valence-corrected chi connectivity index (χ4v) is 3.79. The van der Waals surface area contributed by atoms with E-state index >= 15 is 0 Å². The predicted octanol–water partition coefficient (Wildman–Crippen LogP) is 5.21. The largest absolute Gasteiger partial charge is 0.322 e. The fraction of sp³-hybridized carbons (Fsp3) is 0.120. The summed E-state index contributed by atoms with van der Waals surface area (Å²) in [5.74, 6) is -0.277. The van der Waals surface area contributed by atoms with E-state index in [1.54, 1.807) is 29.0 Å². The van der Waals surface area contributed by atoms with Crippen molar-refractivity contribution in [1.82, 2.24) is 9.13 Å². The molecule has 4 rings (SSSR count). The van der Waals surface area contributed by atoms with Gasteiger partial charge in [-0.1, -0.05) is 29.8 Å². The number of carbonyl (C=O) groups excluding carboxylic acids is 1. The minimum Gasteiger partial charge on any atom is -0.322 e. The van der Waals surface area contributed by atoms with E-state index in [4.69, 9.17) is 11.6 Å². The Morgan fingerprint density at radius 3 is 2.32 bits per heavy atom. The van der Waals surface area contributed by atoms with Crippen LogP contribution in [-0.2, 0) is 6.54 Å². The zero-order valence-corrected chi connectivity index (χ0v) is 18.1. The van der Waals surface area contributed by atoms with Gasteiger partial charge >= 0.3 is 0 Å². The minimum atomic E-state index is -0.277. The number of carbonyl (C=O) groups is 1. The Kier molecular flexibility index (Phi) is 5.78. The lowest BCUT2D eigenvalue weighted by Gasteiger charge is -2.13. The van der Waals surface area contributed by atoms with Crippen LogP contribution >= 0.6 is 11.6 Å². The van der Waals surface area contributed by atoms with Crippen LogP contribution in [0.2, 0.25) is 5.02 Å². The highest BCUT2D eigenvalue weighted by atomic mass is 35.5. The van der Waals surface area contributed by atoms with Crippen molar-refractivity contribution in [2.45, 2.75) is 20.4 Å². The summed E-state index contributed by atoms with van der Waals surface area (Å²) < 4.78 is 3.71. The summed E-state index contributed by atoms with van der Waals surface area (Å²) in [6.07, 6.45) is 1.75. The Morgan fingerprint density at radius 2 is 1.65 bits per heavy atom. The lowest BCUT2D eigenvalue weighted by atomic mass is 10.1. The smallest absolute Gasteiger partial charge is 0.257 e. The van der Waals surface area contributed by atoms with Gasteiger partial charge in [0.15, 0.2) is 0 Å². The summed E-state index contributed by atoms with van der Waals surface area (Å²) in [7, 11) is 0. The van der Waals surface area contributed by atoms with Crippen LogP contribution in [0.4, 0.5) is 5.69 Å². The highest BCUT2D eigenvalue weighted by Crippen LogP contribution is 2.24.